The summed E-state index contributed by atoms with van der Waals surface area (Å²) in [5.74, 6) is 0.704. The van der Waals surface area contributed by atoms with Crippen LogP contribution in [0.25, 0.3) is 0 Å². The summed E-state index contributed by atoms with van der Waals surface area (Å²) in [4.78, 5) is 28.4. The molecule has 1 heterocycles. The van der Waals surface area contributed by atoms with Crippen molar-refractivity contribution in [1.82, 2.24) is 10.2 Å². The van der Waals surface area contributed by atoms with Gasteiger partial charge in [-0.05, 0) is 50.5 Å². The molecule has 2 amide bonds. The molecule has 0 unspecified atom stereocenters. The van der Waals surface area contributed by atoms with Gasteiger partial charge in [0.1, 0.15) is 12.3 Å². The monoisotopic (exact) mass is 500 g/mol. The van der Waals surface area contributed by atoms with E-state index in [4.69, 9.17) is 9.47 Å². The van der Waals surface area contributed by atoms with E-state index in [1.54, 1.807) is 0 Å². The fraction of sp³-hybridized carbons (Fsp3) is 0.733. The van der Waals surface area contributed by atoms with Gasteiger partial charge in [-0.25, -0.2) is 4.79 Å². The Morgan fingerprint density at radius 1 is 1.14 bits per heavy atom. The number of hydrogen-bond acceptors (Lipinski definition) is 4. The van der Waals surface area contributed by atoms with Gasteiger partial charge >= 0.3 is 6.09 Å². The highest BCUT2D eigenvalue weighted by Crippen LogP contribution is 2.41. The van der Waals surface area contributed by atoms with Crippen LogP contribution < -0.4 is 5.32 Å². The second kappa shape index (κ2) is 13.5. The van der Waals surface area contributed by atoms with Gasteiger partial charge in [-0.2, -0.15) is 0 Å². The first-order valence-electron chi connectivity index (χ1n) is 14.2. The molecule has 0 bridgehead atoms. The fourth-order valence-electron chi connectivity index (χ4n) is 5.89. The van der Waals surface area contributed by atoms with Crippen molar-refractivity contribution < 1.29 is 19.1 Å². The molecule has 1 aliphatic heterocycles. The van der Waals surface area contributed by atoms with Crippen LogP contribution in [0.3, 0.4) is 0 Å². The average Bonchev–Trinajstić information content (AvgIpc) is 3.11. The van der Waals surface area contributed by atoms with Crippen LogP contribution in [0.15, 0.2) is 30.3 Å². The Kier molecular flexibility index (Phi) is 10.7. The standard InChI is InChI=1S/C30H48N2O4/c1-6-7-18-31-28(33)25(22(2)3)20-27-26(19-23-14-10-8-11-15-23)32(30(4,5)36-27)29(34)35-21-24-16-12-9-13-17-24/h9,12-13,16-17,22-23,25-27H,6-8,10-11,14-15,18-21H2,1-5H3,(H,31,33)/t25-,26-,27-/m0/s1. The number of hydrogen-bond donors (Lipinski definition) is 1. The van der Waals surface area contributed by atoms with Gasteiger partial charge in [-0.3, -0.25) is 9.69 Å². The van der Waals surface area contributed by atoms with Gasteiger partial charge in [0.2, 0.25) is 5.91 Å². The van der Waals surface area contributed by atoms with Crippen molar-refractivity contribution in [2.45, 2.75) is 117 Å². The minimum Gasteiger partial charge on any atom is -0.444 e. The predicted octanol–water partition coefficient (Wildman–Crippen LogP) is 6.68. The van der Waals surface area contributed by atoms with Gasteiger partial charge in [-0.15, -0.1) is 0 Å². The van der Waals surface area contributed by atoms with Crippen LogP contribution in [-0.2, 0) is 20.9 Å². The molecule has 2 fully saturated rings. The maximum absolute atomic E-state index is 13.5. The Hall–Kier alpha value is -2.08. The van der Waals surface area contributed by atoms with Gasteiger partial charge in [0.05, 0.1) is 12.1 Å². The maximum Gasteiger partial charge on any atom is 0.412 e. The number of nitrogens with zero attached hydrogens (tertiary/aromatic N) is 1. The molecule has 1 aromatic rings. The molecule has 6 heteroatoms. The SMILES string of the molecule is CCCCNC(=O)[C@@H](C[C@@H]1OC(C)(C)N(C(=O)OCc2ccccc2)[C@H]1CC1CCCCC1)C(C)C. The van der Waals surface area contributed by atoms with Gasteiger partial charge < -0.3 is 14.8 Å². The van der Waals surface area contributed by atoms with E-state index in [-0.39, 0.29) is 42.6 Å². The second-order valence-corrected chi connectivity index (χ2v) is 11.6. The lowest BCUT2D eigenvalue weighted by atomic mass is 9.81. The molecule has 1 N–H and O–H groups in total. The van der Waals surface area contributed by atoms with Crippen LogP contribution in [0.4, 0.5) is 4.79 Å². The van der Waals surface area contributed by atoms with Crippen molar-refractivity contribution in [1.29, 1.82) is 0 Å². The summed E-state index contributed by atoms with van der Waals surface area (Å²) in [5.41, 5.74) is 0.172. The zero-order valence-electron chi connectivity index (χ0n) is 23.1. The number of nitrogens with one attached hydrogen (secondary N) is 1. The summed E-state index contributed by atoms with van der Waals surface area (Å²) in [6, 6.07) is 9.68. The lowest BCUT2D eigenvalue weighted by molar-refractivity contribution is -0.129. The van der Waals surface area contributed by atoms with Gasteiger partial charge in [0, 0.05) is 12.5 Å². The third kappa shape index (κ3) is 7.71. The van der Waals surface area contributed by atoms with E-state index < -0.39 is 5.72 Å². The first kappa shape index (κ1) is 28.5. The predicted molar refractivity (Wildman–Crippen MR) is 143 cm³/mol. The smallest absolute Gasteiger partial charge is 0.412 e. The van der Waals surface area contributed by atoms with Gasteiger partial charge in [0.15, 0.2) is 0 Å². The third-order valence-electron chi connectivity index (χ3n) is 7.94. The first-order valence-corrected chi connectivity index (χ1v) is 14.2. The zero-order chi connectivity index (χ0) is 26.1. The van der Waals surface area contributed by atoms with E-state index in [1.165, 1.54) is 32.1 Å². The van der Waals surface area contributed by atoms with Gasteiger partial charge in [0.25, 0.3) is 0 Å². The molecular weight excluding hydrogens is 452 g/mol. The minimum atomic E-state index is -0.794. The molecule has 3 rings (SSSR count). The summed E-state index contributed by atoms with van der Waals surface area (Å²) in [5, 5.41) is 3.13. The van der Waals surface area contributed by atoms with E-state index in [0.717, 1.165) is 24.8 Å². The normalized spacial score (nSPS) is 23.0. The van der Waals surface area contributed by atoms with Crippen molar-refractivity contribution in [2.75, 3.05) is 6.54 Å². The lowest BCUT2D eigenvalue weighted by Gasteiger charge is -2.35. The Balaban J connectivity index is 1.78. The topological polar surface area (TPSA) is 67.9 Å². The average molecular weight is 501 g/mol. The Morgan fingerprint density at radius 3 is 2.47 bits per heavy atom. The van der Waals surface area contributed by atoms with Crippen molar-refractivity contribution >= 4 is 12.0 Å². The fourth-order valence-corrected chi connectivity index (χ4v) is 5.89. The molecular formula is C30H48N2O4. The Morgan fingerprint density at radius 2 is 1.83 bits per heavy atom. The maximum atomic E-state index is 13.5. The van der Waals surface area contributed by atoms with E-state index in [9.17, 15) is 9.59 Å². The number of ether oxygens (including phenoxy) is 2. The van der Waals surface area contributed by atoms with E-state index >= 15 is 0 Å². The molecule has 6 nitrogen and oxygen atoms in total. The van der Waals surface area contributed by atoms with Crippen LogP contribution in [0.5, 0.6) is 0 Å². The number of carbonyl (C=O) groups is 2. The van der Waals surface area contributed by atoms with Crippen LogP contribution >= 0.6 is 0 Å². The number of unbranched alkanes of at least 4 members (excludes halogenated alkanes) is 1. The Labute approximate surface area is 218 Å². The molecule has 1 saturated heterocycles. The molecule has 0 aromatic heterocycles. The van der Waals surface area contributed by atoms with E-state index in [0.29, 0.717) is 18.9 Å². The quantitative estimate of drug-likeness (QED) is 0.344. The van der Waals surface area contributed by atoms with E-state index in [2.05, 4.69) is 26.1 Å². The molecule has 0 radical (unpaired) electrons. The largest absolute Gasteiger partial charge is 0.444 e. The summed E-state index contributed by atoms with van der Waals surface area (Å²) in [6.45, 7) is 11.2. The molecule has 3 atom stereocenters. The number of amides is 2. The molecule has 36 heavy (non-hydrogen) atoms. The molecule has 1 aliphatic carbocycles. The molecule has 2 aliphatic rings. The second-order valence-electron chi connectivity index (χ2n) is 11.6. The van der Waals surface area contributed by atoms with Gasteiger partial charge in [-0.1, -0.05) is 89.6 Å². The zero-order valence-corrected chi connectivity index (χ0v) is 23.1. The molecule has 1 aromatic carbocycles. The first-order chi connectivity index (χ1) is 17.2. The van der Waals surface area contributed by atoms with E-state index in [1.807, 2.05) is 49.1 Å². The number of rotatable bonds is 11. The minimum absolute atomic E-state index is 0.0985. The molecule has 1 saturated carbocycles. The van der Waals surface area contributed by atoms with Crippen LogP contribution in [-0.4, -0.2) is 41.3 Å². The Bertz CT molecular complexity index is 819. The van der Waals surface area contributed by atoms with Crippen molar-refractivity contribution in [2.24, 2.45) is 17.8 Å². The number of carbonyl (C=O) groups excluding carboxylic acids is 2. The molecule has 202 valence electrons. The molecule has 0 spiro atoms. The van der Waals surface area contributed by atoms with Crippen LogP contribution in [0.2, 0.25) is 0 Å². The van der Waals surface area contributed by atoms with Crippen molar-refractivity contribution in [3.63, 3.8) is 0 Å². The highest BCUT2D eigenvalue weighted by Gasteiger charge is 2.52. The highest BCUT2D eigenvalue weighted by atomic mass is 16.6. The number of benzene rings is 1. The highest BCUT2D eigenvalue weighted by molar-refractivity contribution is 5.79. The third-order valence-corrected chi connectivity index (χ3v) is 7.94. The lowest BCUT2D eigenvalue weighted by Crippen LogP contribution is -2.49. The summed E-state index contributed by atoms with van der Waals surface area (Å²) < 4.78 is 12.4. The van der Waals surface area contributed by atoms with Crippen LogP contribution in [0, 0.1) is 17.8 Å². The summed E-state index contributed by atoms with van der Waals surface area (Å²) in [6.07, 6.45) is 9.20. The van der Waals surface area contributed by atoms with Crippen molar-refractivity contribution in [3.8, 4) is 0 Å². The van der Waals surface area contributed by atoms with Crippen molar-refractivity contribution in [3.05, 3.63) is 35.9 Å². The van der Waals surface area contributed by atoms with Crippen LogP contribution in [0.1, 0.15) is 98.0 Å². The summed E-state index contributed by atoms with van der Waals surface area (Å²) in [7, 11) is 0. The summed E-state index contributed by atoms with van der Waals surface area (Å²) >= 11 is 0.